The van der Waals surface area contributed by atoms with Crippen LogP contribution in [0, 0.1) is 6.92 Å². The molecule has 32 heavy (non-hydrogen) atoms. The minimum Gasteiger partial charge on any atom is -0.497 e. The van der Waals surface area contributed by atoms with Gasteiger partial charge in [-0.05, 0) is 36.2 Å². The summed E-state index contributed by atoms with van der Waals surface area (Å²) in [7, 11) is 3.47. The lowest BCUT2D eigenvalue weighted by molar-refractivity contribution is -0.122. The second kappa shape index (κ2) is 9.70. The number of amides is 1. The van der Waals surface area contributed by atoms with Gasteiger partial charge in [-0.3, -0.25) is 14.2 Å². The molecule has 166 valence electrons. The number of nitrogens with one attached hydrogen (secondary N) is 1. The monoisotopic (exact) mass is 452 g/mol. The Morgan fingerprint density at radius 1 is 1.16 bits per heavy atom. The molecule has 0 aliphatic carbocycles. The van der Waals surface area contributed by atoms with Crippen molar-refractivity contribution in [3.8, 4) is 5.75 Å². The van der Waals surface area contributed by atoms with Crippen molar-refractivity contribution in [1.29, 1.82) is 0 Å². The summed E-state index contributed by atoms with van der Waals surface area (Å²) in [5, 5.41) is 3.99. The molecule has 1 N–H and O–H groups in total. The lowest BCUT2D eigenvalue weighted by Crippen LogP contribution is -2.36. The maximum Gasteiger partial charge on any atom is 0.251 e. The fourth-order valence-corrected chi connectivity index (χ4v) is 3.79. The predicted molar refractivity (Wildman–Crippen MR) is 126 cm³/mol. The Bertz CT molecular complexity index is 1310. The Balaban J connectivity index is 0.00000289. The van der Waals surface area contributed by atoms with E-state index in [9.17, 15) is 9.59 Å². The number of nitrogens with zero attached hydrogens (tertiary/aromatic N) is 3. The molecular formula is C24H25ClN4O3. The zero-order valence-electron chi connectivity index (χ0n) is 18.1. The summed E-state index contributed by atoms with van der Waals surface area (Å²) in [4.78, 5) is 30.2. The molecule has 0 radical (unpaired) electrons. The molecule has 0 aliphatic heterocycles. The van der Waals surface area contributed by atoms with E-state index in [1.54, 1.807) is 19.4 Å². The number of hydrogen-bond acceptors (Lipinski definition) is 4. The standard InChI is InChI=1S/C24H24N4O3.ClH/c1-16-13-22(30)28(20-10-5-4-9-19(16)20)15-21(29)26-23(24-25-11-12-27(24)2)17-7-6-8-18(14-17)31-3;/h4-14,23H,15H2,1-3H3,(H,26,29);1H. The van der Waals surface area contributed by atoms with Crippen LogP contribution in [0.25, 0.3) is 10.9 Å². The zero-order valence-corrected chi connectivity index (χ0v) is 18.9. The van der Waals surface area contributed by atoms with Crippen LogP contribution in [0.3, 0.4) is 0 Å². The van der Waals surface area contributed by atoms with E-state index < -0.39 is 6.04 Å². The van der Waals surface area contributed by atoms with Crippen molar-refractivity contribution in [3.63, 3.8) is 0 Å². The van der Waals surface area contributed by atoms with E-state index in [4.69, 9.17) is 4.74 Å². The van der Waals surface area contributed by atoms with Gasteiger partial charge < -0.3 is 14.6 Å². The van der Waals surface area contributed by atoms with Crippen molar-refractivity contribution in [2.45, 2.75) is 19.5 Å². The van der Waals surface area contributed by atoms with E-state index in [-0.39, 0.29) is 30.4 Å². The topological polar surface area (TPSA) is 78.2 Å². The highest BCUT2D eigenvalue weighted by molar-refractivity contribution is 5.85. The third kappa shape index (κ3) is 4.53. The molecule has 0 bridgehead atoms. The molecule has 2 aromatic heterocycles. The molecule has 1 unspecified atom stereocenters. The average molecular weight is 453 g/mol. The molecule has 7 nitrogen and oxygen atoms in total. The molecular weight excluding hydrogens is 428 g/mol. The van der Waals surface area contributed by atoms with Gasteiger partial charge in [0.25, 0.3) is 5.56 Å². The smallest absolute Gasteiger partial charge is 0.251 e. The molecule has 4 rings (SSSR count). The number of aryl methyl sites for hydroxylation is 2. The van der Waals surface area contributed by atoms with Gasteiger partial charge in [0, 0.05) is 30.9 Å². The first-order valence-electron chi connectivity index (χ1n) is 9.97. The third-order valence-electron chi connectivity index (χ3n) is 5.38. The molecule has 0 aliphatic rings. The summed E-state index contributed by atoms with van der Waals surface area (Å²) in [6.45, 7) is 1.80. The molecule has 0 saturated heterocycles. The van der Waals surface area contributed by atoms with Crippen LogP contribution < -0.4 is 15.6 Å². The first-order chi connectivity index (χ1) is 15.0. The minimum atomic E-state index is -0.491. The number of pyridine rings is 1. The fraction of sp³-hybridized carbons (Fsp3) is 0.208. The van der Waals surface area contributed by atoms with Crippen LogP contribution in [-0.2, 0) is 18.4 Å². The summed E-state index contributed by atoms with van der Waals surface area (Å²) >= 11 is 0. The number of para-hydroxylation sites is 1. The van der Waals surface area contributed by atoms with Crippen LogP contribution >= 0.6 is 12.4 Å². The number of rotatable bonds is 6. The number of fused-ring (bicyclic) bond motifs is 1. The van der Waals surface area contributed by atoms with E-state index in [1.807, 2.05) is 73.3 Å². The number of halogens is 1. The highest BCUT2D eigenvalue weighted by Gasteiger charge is 2.22. The summed E-state index contributed by atoms with van der Waals surface area (Å²) < 4.78 is 8.70. The molecule has 1 atom stereocenters. The predicted octanol–water partition coefficient (Wildman–Crippen LogP) is 3.38. The van der Waals surface area contributed by atoms with Crippen LogP contribution in [0.4, 0.5) is 0 Å². The van der Waals surface area contributed by atoms with Gasteiger partial charge >= 0.3 is 0 Å². The molecule has 2 heterocycles. The maximum absolute atomic E-state index is 13.1. The number of aromatic nitrogens is 3. The van der Waals surface area contributed by atoms with Crippen molar-refractivity contribution in [2.24, 2.45) is 7.05 Å². The molecule has 4 aromatic rings. The van der Waals surface area contributed by atoms with Crippen molar-refractivity contribution in [2.75, 3.05) is 7.11 Å². The summed E-state index contributed by atoms with van der Waals surface area (Å²) in [6.07, 6.45) is 3.51. The Morgan fingerprint density at radius 3 is 2.66 bits per heavy atom. The Hall–Kier alpha value is -3.58. The van der Waals surface area contributed by atoms with E-state index in [2.05, 4.69) is 10.3 Å². The number of carbonyl (C=O) groups is 1. The van der Waals surface area contributed by atoms with Crippen molar-refractivity contribution < 1.29 is 9.53 Å². The zero-order chi connectivity index (χ0) is 22.0. The van der Waals surface area contributed by atoms with Crippen LogP contribution in [-0.4, -0.2) is 27.1 Å². The molecule has 0 fully saturated rings. The molecule has 2 aromatic carbocycles. The number of imidazole rings is 1. The first kappa shape index (κ1) is 23.1. The van der Waals surface area contributed by atoms with E-state index >= 15 is 0 Å². The summed E-state index contributed by atoms with van der Waals surface area (Å²) in [5.74, 6) is 1.08. The number of hydrogen-bond donors (Lipinski definition) is 1. The SMILES string of the molecule is COc1cccc(C(NC(=O)Cn2c(=O)cc(C)c3ccccc32)c2nccn2C)c1.Cl. The van der Waals surface area contributed by atoms with Gasteiger partial charge in [0.15, 0.2) is 0 Å². The number of methoxy groups -OCH3 is 1. The van der Waals surface area contributed by atoms with Gasteiger partial charge in [-0.15, -0.1) is 12.4 Å². The molecule has 0 spiro atoms. The van der Waals surface area contributed by atoms with E-state index in [1.165, 1.54) is 4.57 Å². The quantitative estimate of drug-likeness (QED) is 0.486. The Labute approximate surface area is 192 Å². The van der Waals surface area contributed by atoms with Gasteiger partial charge in [-0.1, -0.05) is 30.3 Å². The van der Waals surface area contributed by atoms with Gasteiger partial charge in [0.1, 0.15) is 24.2 Å². The number of benzene rings is 2. The fourth-order valence-electron chi connectivity index (χ4n) is 3.79. The second-order valence-electron chi connectivity index (χ2n) is 7.44. The van der Waals surface area contributed by atoms with Gasteiger partial charge in [0.2, 0.25) is 5.91 Å². The maximum atomic E-state index is 13.1. The van der Waals surface area contributed by atoms with Crippen LogP contribution in [0.1, 0.15) is 23.0 Å². The van der Waals surface area contributed by atoms with Gasteiger partial charge in [-0.25, -0.2) is 4.98 Å². The lowest BCUT2D eigenvalue weighted by Gasteiger charge is -2.20. The van der Waals surface area contributed by atoms with Crippen molar-refractivity contribution in [1.82, 2.24) is 19.4 Å². The first-order valence-corrected chi connectivity index (χ1v) is 9.97. The highest BCUT2D eigenvalue weighted by atomic mass is 35.5. The number of ether oxygens (including phenoxy) is 1. The largest absolute Gasteiger partial charge is 0.497 e. The normalized spacial score (nSPS) is 11.6. The Morgan fingerprint density at radius 2 is 1.94 bits per heavy atom. The second-order valence-corrected chi connectivity index (χ2v) is 7.44. The van der Waals surface area contributed by atoms with Crippen LogP contribution in [0.5, 0.6) is 5.75 Å². The summed E-state index contributed by atoms with van der Waals surface area (Å²) in [5.41, 5.74) is 2.25. The number of carbonyl (C=O) groups excluding carboxylic acids is 1. The van der Waals surface area contributed by atoms with Gasteiger partial charge in [0.05, 0.1) is 12.6 Å². The minimum absolute atomic E-state index is 0. The molecule has 1 amide bonds. The third-order valence-corrected chi connectivity index (χ3v) is 5.38. The summed E-state index contributed by atoms with van der Waals surface area (Å²) in [6, 6.07) is 16.2. The lowest BCUT2D eigenvalue weighted by atomic mass is 10.1. The molecule has 0 saturated carbocycles. The highest BCUT2D eigenvalue weighted by Crippen LogP contribution is 2.24. The van der Waals surface area contributed by atoms with Crippen LogP contribution in [0.15, 0.2) is 71.8 Å². The Kier molecular flexibility index (Phi) is 7.00. The van der Waals surface area contributed by atoms with Crippen molar-refractivity contribution in [3.05, 3.63) is 94.3 Å². The van der Waals surface area contributed by atoms with Crippen molar-refractivity contribution >= 4 is 29.2 Å². The van der Waals surface area contributed by atoms with Gasteiger partial charge in [-0.2, -0.15) is 0 Å². The molecule has 8 heteroatoms. The average Bonchev–Trinajstić information content (AvgIpc) is 3.20. The van der Waals surface area contributed by atoms with Crippen LogP contribution in [0.2, 0.25) is 0 Å². The van der Waals surface area contributed by atoms with E-state index in [0.29, 0.717) is 11.6 Å². The van der Waals surface area contributed by atoms with E-state index in [0.717, 1.165) is 22.0 Å².